The predicted molar refractivity (Wildman–Crippen MR) is 231 cm³/mol. The normalized spacial score (nSPS) is 29.4. The van der Waals surface area contributed by atoms with E-state index in [2.05, 4.69) is 46.2 Å². The molecule has 6 atom stereocenters. The second-order valence-electron chi connectivity index (χ2n) is 21.8. The molecule has 0 bridgehead atoms. The summed E-state index contributed by atoms with van der Waals surface area (Å²) in [5, 5.41) is 13.7. The minimum Gasteiger partial charge on any atom is -0.342 e. The highest BCUT2D eigenvalue weighted by Crippen LogP contribution is 2.88. The van der Waals surface area contributed by atoms with Crippen LogP contribution in [0.2, 0.25) is 0 Å². The van der Waals surface area contributed by atoms with Crippen molar-refractivity contribution in [2.24, 2.45) is 33.5 Å². The standard InChI is InChI=1S/C45H70N8O7S/c1-11-30-25-45(30,39(58)50-61(59,60)51-22-15-16-23-51)48-36(55)32-26-44(42(9,10)43(44)20-17-21-43)27-52(32)38(57)34(40(3,4)5)47-37(56)33(29-18-13-12-14-19-29)46-35(54)31-24-28(2)49-53(31)41(6,7)8/h11,24,29-30,32-34H,1,12-23,25-27H2,2-10H3,(H,46,54)(H,47,56)(H,48,55)(H,50,58)/t30-,32+,33+,34-,44-,45-/m1/s1. The van der Waals surface area contributed by atoms with Crippen molar-refractivity contribution in [1.82, 2.24) is 39.7 Å². The maximum Gasteiger partial charge on any atom is 0.303 e. The van der Waals surface area contributed by atoms with E-state index < -0.39 is 80.3 Å². The molecule has 2 aliphatic heterocycles. The van der Waals surface area contributed by atoms with Gasteiger partial charge in [0.2, 0.25) is 17.7 Å². The van der Waals surface area contributed by atoms with Crippen LogP contribution in [0.4, 0.5) is 0 Å². The lowest BCUT2D eigenvalue weighted by atomic mass is 9.73. The van der Waals surface area contributed by atoms with Crippen molar-refractivity contribution < 1.29 is 32.4 Å². The molecule has 0 unspecified atom stereocenters. The van der Waals surface area contributed by atoms with Gasteiger partial charge in [-0.15, -0.1) is 6.58 Å². The van der Waals surface area contributed by atoms with Crippen LogP contribution in [0.15, 0.2) is 18.7 Å². The Bertz CT molecular complexity index is 2070. The molecular weight excluding hydrogens is 797 g/mol. The highest BCUT2D eigenvalue weighted by molar-refractivity contribution is 7.87. The van der Waals surface area contributed by atoms with Crippen LogP contribution in [0.25, 0.3) is 0 Å². The Hall–Kier alpha value is -3.79. The summed E-state index contributed by atoms with van der Waals surface area (Å²) in [4.78, 5) is 74.4. The average molecular weight is 867 g/mol. The molecule has 6 aliphatic rings. The first-order chi connectivity index (χ1) is 28.4. The molecule has 1 aromatic heterocycles. The lowest BCUT2D eigenvalue weighted by molar-refractivity contribution is -0.145. The number of aromatic nitrogens is 2. The number of rotatable bonds is 12. The zero-order chi connectivity index (χ0) is 44.7. The van der Waals surface area contributed by atoms with Crippen molar-refractivity contribution in [2.75, 3.05) is 19.6 Å². The Morgan fingerprint density at radius 3 is 2.07 bits per heavy atom. The zero-order valence-electron chi connectivity index (χ0n) is 37.9. The van der Waals surface area contributed by atoms with E-state index in [4.69, 9.17) is 0 Å². The van der Waals surface area contributed by atoms with Crippen molar-refractivity contribution in [1.29, 1.82) is 0 Å². The van der Waals surface area contributed by atoms with Gasteiger partial charge in [-0.05, 0) is 107 Å². The van der Waals surface area contributed by atoms with Gasteiger partial charge in [-0.3, -0.25) is 28.7 Å². The SMILES string of the molecule is C=C[C@@H]1C[C@]1(NC(=O)[C@@H]1C[C@@]2(CN1C(=O)[C@@H](NC(=O)[C@@H](NC(=O)c1cc(C)nn1C(C)(C)C)C1CCCCC1)C(C)(C)C)C(C)(C)C21CCC1)C(=O)NS(=O)(=O)N1CCCC1. The molecule has 2 saturated heterocycles. The highest BCUT2D eigenvalue weighted by Gasteiger charge is 2.85. The Labute approximate surface area is 362 Å². The molecule has 15 nitrogen and oxygen atoms in total. The second kappa shape index (κ2) is 15.5. The minimum absolute atomic E-state index is 0.0373. The lowest BCUT2D eigenvalue weighted by Gasteiger charge is -2.38. The molecule has 16 heteroatoms. The molecule has 4 aliphatic carbocycles. The van der Waals surface area contributed by atoms with Crippen molar-refractivity contribution in [3.05, 3.63) is 30.1 Å². The van der Waals surface area contributed by atoms with Gasteiger partial charge in [0.25, 0.3) is 11.8 Å². The monoisotopic (exact) mass is 867 g/mol. The average Bonchev–Trinajstić information content (AvgIpc) is 3.56. The summed E-state index contributed by atoms with van der Waals surface area (Å²) in [5.74, 6) is -3.27. The third-order valence-electron chi connectivity index (χ3n) is 15.9. The first-order valence-electron chi connectivity index (χ1n) is 22.6. The van der Waals surface area contributed by atoms with E-state index in [1.807, 2.05) is 48.5 Å². The second-order valence-corrected chi connectivity index (χ2v) is 23.5. The maximum atomic E-state index is 15.3. The van der Waals surface area contributed by atoms with Crippen LogP contribution in [0.5, 0.6) is 0 Å². The number of aryl methyl sites for hydroxylation is 1. The summed E-state index contributed by atoms with van der Waals surface area (Å²) in [6.45, 7) is 22.6. The molecule has 1 aromatic rings. The van der Waals surface area contributed by atoms with Crippen LogP contribution in [0.1, 0.15) is 149 Å². The number of hydrogen-bond donors (Lipinski definition) is 4. The first-order valence-corrected chi connectivity index (χ1v) is 24.1. The number of carbonyl (C=O) groups excluding carboxylic acids is 5. The summed E-state index contributed by atoms with van der Waals surface area (Å²) in [6, 6.07) is -1.24. The van der Waals surface area contributed by atoms with Gasteiger partial charge in [0, 0.05) is 31.0 Å². The highest BCUT2D eigenvalue weighted by atomic mass is 32.2. The maximum absolute atomic E-state index is 15.3. The van der Waals surface area contributed by atoms with Crippen LogP contribution < -0.4 is 20.7 Å². The summed E-state index contributed by atoms with van der Waals surface area (Å²) in [6.07, 6.45) is 10.9. The van der Waals surface area contributed by atoms with E-state index >= 15 is 4.79 Å². The largest absolute Gasteiger partial charge is 0.342 e. The molecule has 0 aromatic carbocycles. The van der Waals surface area contributed by atoms with E-state index in [9.17, 15) is 27.6 Å². The molecule has 338 valence electrons. The van der Waals surface area contributed by atoms with E-state index in [1.165, 1.54) is 4.31 Å². The van der Waals surface area contributed by atoms with Gasteiger partial charge < -0.3 is 20.9 Å². The number of nitrogens with one attached hydrogen (secondary N) is 4. The molecule has 3 heterocycles. The van der Waals surface area contributed by atoms with E-state index in [1.54, 1.807) is 21.7 Å². The van der Waals surface area contributed by atoms with Crippen LogP contribution in [0, 0.1) is 40.4 Å². The molecule has 4 saturated carbocycles. The van der Waals surface area contributed by atoms with Gasteiger partial charge in [0.1, 0.15) is 29.4 Å². The summed E-state index contributed by atoms with van der Waals surface area (Å²) in [7, 11) is -4.12. The summed E-state index contributed by atoms with van der Waals surface area (Å²) in [5.41, 5.74) is -2.36. The summed E-state index contributed by atoms with van der Waals surface area (Å²) >= 11 is 0. The lowest BCUT2D eigenvalue weighted by Crippen LogP contribution is -2.62. The fourth-order valence-corrected chi connectivity index (χ4v) is 13.2. The zero-order valence-corrected chi connectivity index (χ0v) is 38.7. The fourth-order valence-electron chi connectivity index (χ4n) is 11.9. The van der Waals surface area contributed by atoms with Crippen LogP contribution in [0.3, 0.4) is 0 Å². The number of carbonyl (C=O) groups is 5. The first kappa shape index (κ1) is 45.2. The number of likely N-dealkylation sites (tertiary alicyclic amines) is 1. The van der Waals surface area contributed by atoms with Crippen LogP contribution >= 0.6 is 0 Å². The molecule has 6 fully saturated rings. The molecule has 7 rings (SSSR count). The molecule has 0 radical (unpaired) electrons. The Balaban J connectivity index is 1.17. The molecule has 61 heavy (non-hydrogen) atoms. The van der Waals surface area contributed by atoms with Crippen molar-refractivity contribution in [3.8, 4) is 0 Å². The summed E-state index contributed by atoms with van der Waals surface area (Å²) < 4.78 is 31.6. The Morgan fingerprint density at radius 1 is 0.902 bits per heavy atom. The van der Waals surface area contributed by atoms with Gasteiger partial charge in [-0.1, -0.05) is 66.4 Å². The third-order valence-corrected chi connectivity index (χ3v) is 17.4. The smallest absolute Gasteiger partial charge is 0.303 e. The van der Waals surface area contributed by atoms with Gasteiger partial charge in [-0.2, -0.15) is 17.8 Å². The quantitative estimate of drug-likeness (QED) is 0.221. The van der Waals surface area contributed by atoms with Gasteiger partial charge in [0.05, 0.1) is 11.2 Å². The Morgan fingerprint density at radius 2 is 1.54 bits per heavy atom. The van der Waals surface area contributed by atoms with Gasteiger partial charge in [0.15, 0.2) is 0 Å². The fraction of sp³-hybridized carbons (Fsp3) is 0.778. The third kappa shape index (κ3) is 7.62. The number of amides is 5. The van der Waals surface area contributed by atoms with Crippen LogP contribution in [-0.2, 0) is 34.9 Å². The predicted octanol–water partition coefficient (Wildman–Crippen LogP) is 4.47. The molecular formula is C45H70N8O7S. The molecule has 5 amide bonds. The van der Waals surface area contributed by atoms with Crippen molar-refractivity contribution in [2.45, 2.75) is 169 Å². The molecule has 2 spiro atoms. The van der Waals surface area contributed by atoms with Crippen LogP contribution in [-0.4, -0.2) is 100 Å². The van der Waals surface area contributed by atoms with Gasteiger partial charge in [-0.25, -0.2) is 4.72 Å². The van der Waals surface area contributed by atoms with Crippen molar-refractivity contribution in [3.63, 3.8) is 0 Å². The number of nitrogens with zero attached hydrogens (tertiary/aromatic N) is 4. The van der Waals surface area contributed by atoms with Crippen molar-refractivity contribution >= 4 is 39.7 Å². The molecule has 4 N–H and O–H groups in total. The Kier molecular flexibility index (Phi) is 11.5. The van der Waals surface area contributed by atoms with Gasteiger partial charge >= 0.3 is 10.2 Å². The van der Waals surface area contributed by atoms with E-state index in [-0.39, 0.29) is 28.6 Å². The van der Waals surface area contributed by atoms with E-state index in [0.29, 0.717) is 50.3 Å². The number of hydrogen-bond acceptors (Lipinski definition) is 8. The minimum atomic E-state index is -4.12. The topological polar surface area (TPSA) is 192 Å². The number of fused-ring (bicyclic) bond motifs is 1. The van der Waals surface area contributed by atoms with E-state index in [0.717, 1.165) is 51.4 Å².